The molecule has 0 aromatic carbocycles. The Kier molecular flexibility index (Phi) is 6.63. The van der Waals surface area contributed by atoms with E-state index in [1.807, 2.05) is 0 Å². The summed E-state index contributed by atoms with van der Waals surface area (Å²) in [5.74, 6) is 1.11. The maximum Gasteiger partial charge on any atom is 0.227 e. The van der Waals surface area contributed by atoms with Gasteiger partial charge in [-0.2, -0.15) is 0 Å². The zero-order valence-electron chi connectivity index (χ0n) is 17.1. The van der Waals surface area contributed by atoms with Gasteiger partial charge in [0.1, 0.15) is 0 Å². The summed E-state index contributed by atoms with van der Waals surface area (Å²) in [6, 6.07) is 0. The highest BCUT2D eigenvalue weighted by atomic mass is 16.5. The van der Waals surface area contributed by atoms with Crippen LogP contribution in [0.25, 0.3) is 0 Å². The van der Waals surface area contributed by atoms with Crippen molar-refractivity contribution in [2.75, 3.05) is 32.7 Å². The maximum atomic E-state index is 13.0. The molecule has 150 valence electrons. The summed E-state index contributed by atoms with van der Waals surface area (Å²) in [4.78, 5) is 17.6. The van der Waals surface area contributed by atoms with Crippen LogP contribution >= 0.6 is 0 Å². The molecule has 26 heavy (non-hydrogen) atoms. The first-order valence-electron chi connectivity index (χ1n) is 10.8. The molecular formula is C21H39N3O2. The number of piperidine rings is 1. The summed E-state index contributed by atoms with van der Waals surface area (Å²) in [7, 11) is 0. The van der Waals surface area contributed by atoms with Gasteiger partial charge in [0.25, 0.3) is 0 Å². The van der Waals surface area contributed by atoms with Crippen LogP contribution in [0, 0.1) is 11.8 Å². The van der Waals surface area contributed by atoms with Crippen LogP contribution in [0.15, 0.2) is 0 Å². The first-order chi connectivity index (χ1) is 12.3. The number of amides is 1. The lowest BCUT2D eigenvalue weighted by molar-refractivity contribution is -0.140. The molecule has 4 unspecified atom stereocenters. The molecule has 0 aromatic heterocycles. The van der Waals surface area contributed by atoms with Crippen molar-refractivity contribution in [1.29, 1.82) is 0 Å². The summed E-state index contributed by atoms with van der Waals surface area (Å²) >= 11 is 0. The molecule has 0 bridgehead atoms. The smallest absolute Gasteiger partial charge is 0.227 e. The van der Waals surface area contributed by atoms with E-state index in [9.17, 15) is 4.79 Å². The Bertz CT molecular complexity index is 464. The summed E-state index contributed by atoms with van der Waals surface area (Å²) in [6.45, 7) is 11.5. The normalized spacial score (nSPS) is 37.7. The van der Waals surface area contributed by atoms with Crippen LogP contribution < -0.4 is 5.73 Å². The van der Waals surface area contributed by atoms with Gasteiger partial charge >= 0.3 is 0 Å². The van der Waals surface area contributed by atoms with Crippen molar-refractivity contribution < 1.29 is 9.53 Å². The van der Waals surface area contributed by atoms with Gasteiger partial charge in [0.05, 0.1) is 18.1 Å². The first-order valence-corrected chi connectivity index (χ1v) is 10.8. The number of rotatable bonds is 4. The summed E-state index contributed by atoms with van der Waals surface area (Å²) < 4.78 is 5.83. The molecule has 3 aliphatic rings. The second kappa shape index (κ2) is 8.57. The highest BCUT2D eigenvalue weighted by molar-refractivity contribution is 5.80. The molecule has 1 amide bonds. The number of nitrogens with zero attached hydrogens (tertiary/aromatic N) is 2. The lowest BCUT2D eigenvalue weighted by atomic mass is 9.73. The lowest BCUT2D eigenvalue weighted by Gasteiger charge is -2.42. The summed E-state index contributed by atoms with van der Waals surface area (Å²) in [5, 5.41) is 0. The fourth-order valence-electron chi connectivity index (χ4n) is 5.26. The van der Waals surface area contributed by atoms with Crippen LogP contribution in [0.1, 0.15) is 65.7 Å². The summed E-state index contributed by atoms with van der Waals surface area (Å²) in [6.07, 6.45) is 8.51. The third-order valence-corrected chi connectivity index (χ3v) is 6.83. The predicted molar refractivity (Wildman–Crippen MR) is 105 cm³/mol. The zero-order valence-corrected chi connectivity index (χ0v) is 17.1. The van der Waals surface area contributed by atoms with E-state index in [-0.39, 0.29) is 11.5 Å². The fourth-order valence-corrected chi connectivity index (χ4v) is 5.26. The number of likely N-dealkylation sites (tertiary alicyclic amines) is 1. The second-order valence-corrected chi connectivity index (χ2v) is 9.38. The van der Waals surface area contributed by atoms with Gasteiger partial charge in [-0.05, 0) is 65.3 Å². The van der Waals surface area contributed by atoms with Gasteiger partial charge in [-0.1, -0.05) is 12.8 Å². The van der Waals surface area contributed by atoms with Gasteiger partial charge in [0, 0.05) is 31.7 Å². The van der Waals surface area contributed by atoms with E-state index in [0.29, 0.717) is 18.1 Å². The molecule has 1 saturated carbocycles. The predicted octanol–water partition coefficient (Wildman–Crippen LogP) is 2.63. The molecule has 2 saturated heterocycles. The van der Waals surface area contributed by atoms with Crippen LogP contribution in [0.5, 0.6) is 0 Å². The van der Waals surface area contributed by atoms with Gasteiger partial charge in [0.2, 0.25) is 5.91 Å². The largest absolute Gasteiger partial charge is 0.373 e. The fraction of sp³-hybridized carbons (Fsp3) is 0.952. The van der Waals surface area contributed by atoms with Crippen LogP contribution in [0.2, 0.25) is 0 Å². The summed E-state index contributed by atoms with van der Waals surface area (Å²) in [5.41, 5.74) is 6.14. The minimum Gasteiger partial charge on any atom is -0.373 e. The highest BCUT2D eigenvalue weighted by Crippen LogP contribution is 2.34. The van der Waals surface area contributed by atoms with E-state index in [4.69, 9.17) is 10.5 Å². The number of nitrogens with two attached hydrogens (primary N) is 1. The highest BCUT2D eigenvalue weighted by Gasteiger charge is 2.40. The second-order valence-electron chi connectivity index (χ2n) is 9.38. The van der Waals surface area contributed by atoms with E-state index in [1.54, 1.807) is 0 Å². The van der Waals surface area contributed by atoms with Gasteiger partial charge in [0.15, 0.2) is 0 Å². The quantitative estimate of drug-likeness (QED) is 0.832. The molecule has 1 aliphatic carbocycles. The van der Waals surface area contributed by atoms with Crippen LogP contribution in [0.4, 0.5) is 0 Å². The number of morpholine rings is 1. The Morgan fingerprint density at radius 2 is 1.77 bits per heavy atom. The Balaban J connectivity index is 1.42. The zero-order chi connectivity index (χ0) is 18.7. The molecule has 4 atom stereocenters. The number of carbonyl (C=O) groups is 1. The standard InChI is InChI=1S/C21H39N3O2/c1-16-14-23(15-17(2)26-16)11-7-18-8-12-24(13-9-18)20(25)19-6-4-5-10-21(19,3)22/h16-19H,4-15,22H2,1-3H3. The molecule has 2 N–H and O–H groups in total. The monoisotopic (exact) mass is 365 g/mol. The Morgan fingerprint density at radius 1 is 1.12 bits per heavy atom. The van der Waals surface area contributed by atoms with E-state index in [2.05, 4.69) is 30.6 Å². The van der Waals surface area contributed by atoms with E-state index >= 15 is 0 Å². The average Bonchev–Trinajstić information content (AvgIpc) is 2.59. The van der Waals surface area contributed by atoms with Crippen molar-refractivity contribution in [3.63, 3.8) is 0 Å². The van der Waals surface area contributed by atoms with Gasteiger partial charge in [-0.15, -0.1) is 0 Å². The SMILES string of the molecule is CC1CN(CCC2CCN(C(=O)C3CCCCC3(C)N)CC2)CC(C)O1. The van der Waals surface area contributed by atoms with E-state index < -0.39 is 0 Å². The topological polar surface area (TPSA) is 58.8 Å². The maximum absolute atomic E-state index is 13.0. The van der Waals surface area contributed by atoms with Crippen molar-refractivity contribution in [3.05, 3.63) is 0 Å². The Hall–Kier alpha value is -0.650. The molecule has 5 heteroatoms. The molecule has 5 nitrogen and oxygen atoms in total. The van der Waals surface area contributed by atoms with Crippen LogP contribution in [-0.2, 0) is 9.53 Å². The van der Waals surface area contributed by atoms with Crippen molar-refractivity contribution in [3.8, 4) is 0 Å². The van der Waals surface area contributed by atoms with Gasteiger partial charge in [-0.25, -0.2) is 0 Å². The third-order valence-electron chi connectivity index (χ3n) is 6.83. The molecular weight excluding hydrogens is 326 g/mol. The molecule has 3 rings (SSSR count). The molecule has 0 aromatic rings. The van der Waals surface area contributed by atoms with Crippen LogP contribution in [0.3, 0.4) is 0 Å². The minimum absolute atomic E-state index is 0.0316. The molecule has 0 spiro atoms. The number of hydrogen-bond acceptors (Lipinski definition) is 4. The van der Waals surface area contributed by atoms with Crippen LogP contribution in [-0.4, -0.2) is 66.2 Å². The van der Waals surface area contributed by atoms with E-state index in [1.165, 1.54) is 13.0 Å². The lowest BCUT2D eigenvalue weighted by Crippen LogP contribution is -2.54. The Morgan fingerprint density at radius 3 is 2.38 bits per heavy atom. The van der Waals surface area contributed by atoms with Gasteiger partial charge in [-0.3, -0.25) is 9.69 Å². The molecule has 2 heterocycles. The number of ether oxygens (including phenoxy) is 1. The molecule has 0 radical (unpaired) electrons. The molecule has 2 aliphatic heterocycles. The Labute approximate surface area is 159 Å². The van der Waals surface area contributed by atoms with Crippen molar-refractivity contribution >= 4 is 5.91 Å². The number of hydrogen-bond donors (Lipinski definition) is 1. The van der Waals surface area contributed by atoms with Crippen molar-refractivity contribution in [1.82, 2.24) is 9.80 Å². The minimum atomic E-state index is -0.310. The van der Waals surface area contributed by atoms with Crippen molar-refractivity contribution in [2.45, 2.75) is 83.5 Å². The van der Waals surface area contributed by atoms with E-state index in [0.717, 1.165) is 70.6 Å². The first kappa shape index (κ1) is 20.1. The average molecular weight is 366 g/mol. The van der Waals surface area contributed by atoms with Crippen molar-refractivity contribution in [2.24, 2.45) is 17.6 Å². The number of carbonyl (C=O) groups excluding carboxylic acids is 1. The van der Waals surface area contributed by atoms with Gasteiger partial charge < -0.3 is 15.4 Å². The molecule has 3 fully saturated rings. The third kappa shape index (κ3) is 4.99.